The van der Waals surface area contributed by atoms with Gasteiger partial charge in [0.15, 0.2) is 0 Å². The molecule has 0 aliphatic heterocycles. The Hall–Kier alpha value is -1.05. The average Bonchev–Trinajstić information content (AvgIpc) is 2.49. The third-order valence-corrected chi connectivity index (χ3v) is 5.25. The largest absolute Gasteiger partial charge is 0.461 e. The zero-order valence-corrected chi connectivity index (χ0v) is 14.0. The first kappa shape index (κ1) is 16.3. The van der Waals surface area contributed by atoms with Crippen LogP contribution >= 0.6 is 0 Å². The predicted molar refractivity (Wildman–Crippen MR) is 86.8 cm³/mol. The molecular weight excluding hydrogens is 260 g/mol. The molecule has 0 aromatic carbocycles. The molecule has 0 unspecified atom stereocenters. The van der Waals surface area contributed by atoms with Gasteiger partial charge in [0.2, 0.25) is 0 Å². The first-order chi connectivity index (χ1) is 10.1. The van der Waals surface area contributed by atoms with Gasteiger partial charge in [-0.3, -0.25) is 4.79 Å². The highest BCUT2D eigenvalue weighted by atomic mass is 16.5. The molecule has 0 heterocycles. The highest BCUT2D eigenvalue weighted by Crippen LogP contribution is 2.43. The summed E-state index contributed by atoms with van der Waals surface area (Å²) in [5.41, 5.74) is 1.40. The molecule has 5 atom stereocenters. The number of carbonyl (C=O) groups excluding carboxylic acids is 1. The van der Waals surface area contributed by atoms with E-state index in [0.29, 0.717) is 17.8 Å². The summed E-state index contributed by atoms with van der Waals surface area (Å²) in [7, 11) is 0. The van der Waals surface area contributed by atoms with E-state index in [2.05, 4.69) is 32.1 Å². The maximum Gasteiger partial charge on any atom is 0.308 e. The molecule has 0 bridgehead atoms. The van der Waals surface area contributed by atoms with Crippen molar-refractivity contribution in [1.29, 1.82) is 0 Å². The van der Waals surface area contributed by atoms with Crippen LogP contribution in [-0.2, 0) is 9.53 Å². The maximum absolute atomic E-state index is 12.2. The van der Waals surface area contributed by atoms with E-state index in [-0.39, 0.29) is 18.0 Å². The van der Waals surface area contributed by atoms with Crippen molar-refractivity contribution in [1.82, 2.24) is 0 Å². The van der Waals surface area contributed by atoms with Crippen molar-refractivity contribution in [2.24, 2.45) is 23.7 Å². The van der Waals surface area contributed by atoms with Crippen molar-refractivity contribution >= 4 is 5.97 Å². The second-order valence-corrected chi connectivity index (χ2v) is 6.76. The van der Waals surface area contributed by atoms with E-state index >= 15 is 0 Å². The normalized spacial score (nSPS) is 33.0. The zero-order chi connectivity index (χ0) is 15.4. The number of hydrogen-bond donors (Lipinski definition) is 0. The van der Waals surface area contributed by atoms with E-state index in [9.17, 15) is 4.79 Å². The summed E-state index contributed by atoms with van der Waals surface area (Å²) in [5.74, 6) is 1.60. The third-order valence-electron chi connectivity index (χ3n) is 5.25. The quantitative estimate of drug-likeness (QED) is 0.673. The van der Waals surface area contributed by atoms with Crippen LogP contribution in [0.3, 0.4) is 0 Å². The molecule has 2 aliphatic rings. The van der Waals surface area contributed by atoms with Gasteiger partial charge in [0.25, 0.3) is 0 Å². The minimum Gasteiger partial charge on any atom is -0.461 e. The van der Waals surface area contributed by atoms with Crippen LogP contribution in [-0.4, -0.2) is 12.1 Å². The summed E-state index contributed by atoms with van der Waals surface area (Å²) in [6.45, 7) is 8.56. The summed E-state index contributed by atoms with van der Waals surface area (Å²) >= 11 is 0. The second-order valence-electron chi connectivity index (χ2n) is 6.76. The monoisotopic (exact) mass is 290 g/mol. The van der Waals surface area contributed by atoms with Crippen molar-refractivity contribution in [3.8, 4) is 0 Å². The molecule has 118 valence electrons. The van der Waals surface area contributed by atoms with Gasteiger partial charge in [0.1, 0.15) is 6.10 Å². The van der Waals surface area contributed by atoms with Crippen molar-refractivity contribution in [3.05, 3.63) is 23.8 Å². The fraction of sp³-hybridized carbons (Fsp3) is 0.737. The molecular formula is C19H30O2. The fourth-order valence-corrected chi connectivity index (χ4v) is 3.72. The molecule has 2 aliphatic carbocycles. The maximum atomic E-state index is 12.2. The molecule has 21 heavy (non-hydrogen) atoms. The lowest BCUT2D eigenvalue weighted by Crippen LogP contribution is -2.40. The molecule has 0 aromatic heterocycles. The summed E-state index contributed by atoms with van der Waals surface area (Å²) in [4.78, 5) is 12.2. The predicted octanol–water partition coefficient (Wildman–Crippen LogP) is 4.90. The van der Waals surface area contributed by atoms with Gasteiger partial charge < -0.3 is 4.74 Å². The number of allylic oxidation sites excluding steroid dienone is 3. The Morgan fingerprint density at radius 3 is 2.86 bits per heavy atom. The lowest BCUT2D eigenvalue weighted by Gasteiger charge is -2.41. The SMILES string of the molecule is CCC[C@@H]1[C@@H]2C(=CCC[C@@H]2OC(=O)[C@@H](C)CC)C=C[C@@H]1C. The van der Waals surface area contributed by atoms with Gasteiger partial charge in [-0.25, -0.2) is 0 Å². The molecule has 0 N–H and O–H groups in total. The van der Waals surface area contributed by atoms with Crippen LogP contribution in [0.5, 0.6) is 0 Å². The van der Waals surface area contributed by atoms with Gasteiger partial charge in [-0.05, 0) is 43.1 Å². The Balaban J connectivity index is 2.17. The number of ether oxygens (including phenoxy) is 1. The zero-order valence-electron chi connectivity index (χ0n) is 14.0. The molecule has 0 fully saturated rings. The van der Waals surface area contributed by atoms with E-state index < -0.39 is 0 Å². The van der Waals surface area contributed by atoms with Crippen LogP contribution < -0.4 is 0 Å². The summed E-state index contributed by atoms with van der Waals surface area (Å²) in [6.07, 6.45) is 12.3. The highest BCUT2D eigenvalue weighted by molar-refractivity contribution is 5.72. The molecule has 0 aromatic rings. The van der Waals surface area contributed by atoms with Crippen LogP contribution in [0, 0.1) is 23.7 Å². The van der Waals surface area contributed by atoms with Gasteiger partial charge in [-0.1, -0.05) is 52.3 Å². The minimum atomic E-state index is -0.0128. The van der Waals surface area contributed by atoms with Gasteiger partial charge in [0.05, 0.1) is 5.92 Å². The van der Waals surface area contributed by atoms with E-state index in [1.54, 1.807) is 0 Å². The van der Waals surface area contributed by atoms with Crippen LogP contribution in [0.1, 0.15) is 59.8 Å². The molecule has 0 amide bonds. The van der Waals surface area contributed by atoms with E-state index in [1.807, 2.05) is 13.8 Å². The Bertz CT molecular complexity index is 421. The van der Waals surface area contributed by atoms with E-state index in [1.165, 1.54) is 18.4 Å². The van der Waals surface area contributed by atoms with Gasteiger partial charge in [-0.15, -0.1) is 0 Å². The van der Waals surface area contributed by atoms with Gasteiger partial charge >= 0.3 is 5.97 Å². The van der Waals surface area contributed by atoms with E-state index in [0.717, 1.165) is 19.3 Å². The second kappa shape index (κ2) is 7.29. The fourth-order valence-electron chi connectivity index (χ4n) is 3.72. The van der Waals surface area contributed by atoms with Crippen LogP contribution in [0.25, 0.3) is 0 Å². The Kier molecular flexibility index (Phi) is 5.66. The summed E-state index contributed by atoms with van der Waals surface area (Å²) in [5, 5.41) is 0. The lowest BCUT2D eigenvalue weighted by atomic mass is 9.67. The molecule has 2 heteroatoms. The smallest absolute Gasteiger partial charge is 0.308 e. The lowest BCUT2D eigenvalue weighted by molar-refractivity contribution is -0.157. The molecule has 2 rings (SSSR count). The topological polar surface area (TPSA) is 26.3 Å². The molecule has 2 nitrogen and oxygen atoms in total. The number of fused-ring (bicyclic) bond motifs is 1. The average molecular weight is 290 g/mol. The van der Waals surface area contributed by atoms with Crippen LogP contribution in [0.15, 0.2) is 23.8 Å². The van der Waals surface area contributed by atoms with Crippen molar-refractivity contribution in [2.75, 3.05) is 0 Å². The summed E-state index contributed by atoms with van der Waals surface area (Å²) < 4.78 is 5.92. The van der Waals surface area contributed by atoms with Crippen molar-refractivity contribution in [3.63, 3.8) is 0 Å². The Morgan fingerprint density at radius 2 is 2.19 bits per heavy atom. The standard InChI is InChI=1S/C19H30O2/c1-5-8-16-14(4)11-12-15-9-7-10-17(18(15)16)21-19(20)13(3)6-2/h9,11-14,16-18H,5-8,10H2,1-4H3/t13-,14-,16-,17-,18-/m0/s1. The Morgan fingerprint density at radius 1 is 1.43 bits per heavy atom. The van der Waals surface area contributed by atoms with Crippen LogP contribution in [0.2, 0.25) is 0 Å². The summed E-state index contributed by atoms with van der Waals surface area (Å²) in [6, 6.07) is 0. The highest BCUT2D eigenvalue weighted by Gasteiger charge is 2.39. The number of rotatable bonds is 5. The van der Waals surface area contributed by atoms with Gasteiger partial charge in [-0.2, -0.15) is 0 Å². The first-order valence-electron chi connectivity index (χ1n) is 8.67. The minimum absolute atomic E-state index is 0.0128. The Labute approximate surface area is 129 Å². The molecule has 0 saturated heterocycles. The third kappa shape index (κ3) is 3.59. The number of carbonyl (C=O) groups is 1. The van der Waals surface area contributed by atoms with Crippen molar-refractivity contribution in [2.45, 2.75) is 65.9 Å². The molecule has 0 spiro atoms. The van der Waals surface area contributed by atoms with E-state index in [4.69, 9.17) is 4.74 Å². The molecule has 0 radical (unpaired) electrons. The first-order valence-corrected chi connectivity index (χ1v) is 8.67. The van der Waals surface area contributed by atoms with Crippen LogP contribution in [0.4, 0.5) is 0 Å². The number of hydrogen-bond acceptors (Lipinski definition) is 2. The number of esters is 1. The van der Waals surface area contributed by atoms with Crippen molar-refractivity contribution < 1.29 is 9.53 Å². The molecule has 0 saturated carbocycles. The van der Waals surface area contributed by atoms with Gasteiger partial charge in [0, 0.05) is 5.92 Å².